The second-order valence-electron chi connectivity index (χ2n) is 7.49. The van der Waals surface area contributed by atoms with Crippen molar-refractivity contribution in [2.75, 3.05) is 38.7 Å². The molecule has 1 amide bonds. The Morgan fingerprint density at radius 2 is 1.91 bits per heavy atom. The van der Waals surface area contributed by atoms with Crippen molar-refractivity contribution in [2.45, 2.75) is 11.7 Å². The van der Waals surface area contributed by atoms with Crippen LogP contribution in [-0.2, 0) is 11.3 Å². The molecule has 166 valence electrons. The number of rotatable bonds is 6. The number of tetrazole rings is 1. The third-order valence-electron chi connectivity index (χ3n) is 5.39. The van der Waals surface area contributed by atoms with Crippen LogP contribution in [-0.4, -0.2) is 74.6 Å². The quantitative estimate of drug-likeness (QED) is 0.521. The molecule has 1 aromatic heterocycles. The Bertz CT molecular complexity index is 1120. The summed E-state index contributed by atoms with van der Waals surface area (Å²) in [7, 11) is 0. The summed E-state index contributed by atoms with van der Waals surface area (Å²) < 4.78 is 25.8. The number of amides is 1. The van der Waals surface area contributed by atoms with Crippen LogP contribution in [0.1, 0.15) is 5.56 Å². The fourth-order valence-electron chi connectivity index (χ4n) is 3.71. The van der Waals surface area contributed by atoms with Crippen LogP contribution in [0.25, 0.3) is 5.69 Å². The fraction of sp³-hybridized carbons (Fsp3) is 0.333. The summed E-state index contributed by atoms with van der Waals surface area (Å²) in [6.45, 7) is 4.00. The van der Waals surface area contributed by atoms with Crippen molar-refractivity contribution in [3.05, 3.63) is 53.8 Å². The zero-order valence-corrected chi connectivity index (χ0v) is 18.0. The van der Waals surface area contributed by atoms with E-state index < -0.39 is 0 Å². The molecule has 11 heteroatoms. The highest BCUT2D eigenvalue weighted by atomic mass is 32.2. The number of carbonyl (C=O) groups excluding carboxylic acids is 1. The Kier molecular flexibility index (Phi) is 5.91. The van der Waals surface area contributed by atoms with Crippen LogP contribution in [0.5, 0.6) is 11.5 Å². The van der Waals surface area contributed by atoms with Gasteiger partial charge in [-0.15, -0.1) is 5.10 Å². The smallest absolute Gasteiger partial charge is 0.233 e. The van der Waals surface area contributed by atoms with Crippen LogP contribution in [0.15, 0.2) is 47.6 Å². The molecule has 5 rings (SSSR count). The first-order valence-electron chi connectivity index (χ1n) is 10.2. The minimum absolute atomic E-state index is 0.0338. The summed E-state index contributed by atoms with van der Waals surface area (Å²) in [4.78, 5) is 16.9. The van der Waals surface area contributed by atoms with Crippen LogP contribution in [0.2, 0.25) is 0 Å². The maximum absolute atomic E-state index is 13.5. The zero-order valence-electron chi connectivity index (χ0n) is 17.2. The molecule has 0 N–H and O–H groups in total. The van der Waals surface area contributed by atoms with Gasteiger partial charge in [0.15, 0.2) is 11.5 Å². The SMILES string of the molecule is O=C(CSc1nnnn1-c1cccc(F)c1)N1CCN(Cc2ccc3c(c2)OCO3)CC1. The summed E-state index contributed by atoms with van der Waals surface area (Å²) >= 11 is 1.24. The Balaban J connectivity index is 1.12. The standard InChI is InChI=1S/C21H21FN6O3S/c22-16-2-1-3-17(11-16)28-21(23-24-25-28)32-13-20(29)27-8-6-26(7-9-27)12-15-4-5-18-19(10-15)31-14-30-18/h1-5,10-11H,6-9,12-14H2. The monoisotopic (exact) mass is 456 g/mol. The van der Waals surface area contributed by atoms with Gasteiger partial charge in [0.05, 0.1) is 11.4 Å². The molecule has 3 heterocycles. The second kappa shape index (κ2) is 9.13. The van der Waals surface area contributed by atoms with Crippen molar-refractivity contribution in [1.82, 2.24) is 30.0 Å². The van der Waals surface area contributed by atoms with Gasteiger partial charge in [-0.05, 0) is 46.3 Å². The first-order valence-corrected chi connectivity index (χ1v) is 11.2. The van der Waals surface area contributed by atoms with Gasteiger partial charge in [0.1, 0.15) is 5.82 Å². The number of hydrogen-bond acceptors (Lipinski definition) is 8. The van der Waals surface area contributed by atoms with E-state index in [9.17, 15) is 9.18 Å². The number of aromatic nitrogens is 4. The second-order valence-corrected chi connectivity index (χ2v) is 8.43. The molecule has 0 atom stereocenters. The molecule has 9 nitrogen and oxygen atoms in total. The molecule has 1 saturated heterocycles. The van der Waals surface area contributed by atoms with Crippen molar-refractivity contribution in [2.24, 2.45) is 0 Å². The Labute approximate surface area is 188 Å². The lowest BCUT2D eigenvalue weighted by atomic mass is 10.1. The summed E-state index contributed by atoms with van der Waals surface area (Å²) in [5, 5.41) is 12.0. The zero-order chi connectivity index (χ0) is 21.9. The normalized spacial score (nSPS) is 15.8. The van der Waals surface area contributed by atoms with Gasteiger partial charge in [0.2, 0.25) is 17.9 Å². The van der Waals surface area contributed by atoms with E-state index in [0.29, 0.717) is 23.9 Å². The number of fused-ring (bicyclic) bond motifs is 1. The molecule has 2 aliphatic heterocycles. The molecular formula is C21H21FN6O3S. The lowest BCUT2D eigenvalue weighted by Gasteiger charge is -2.34. The lowest BCUT2D eigenvalue weighted by molar-refractivity contribution is -0.130. The molecule has 0 spiro atoms. The predicted octanol–water partition coefficient (Wildman–Crippen LogP) is 1.97. The number of piperazine rings is 1. The van der Waals surface area contributed by atoms with Gasteiger partial charge in [0, 0.05) is 32.7 Å². The highest BCUT2D eigenvalue weighted by Gasteiger charge is 2.23. The van der Waals surface area contributed by atoms with Crippen LogP contribution in [0.3, 0.4) is 0 Å². The average Bonchev–Trinajstić information content (AvgIpc) is 3.47. The van der Waals surface area contributed by atoms with Crippen LogP contribution < -0.4 is 9.47 Å². The van der Waals surface area contributed by atoms with Crippen LogP contribution >= 0.6 is 11.8 Å². The largest absolute Gasteiger partial charge is 0.454 e. The number of thioether (sulfide) groups is 1. The van der Waals surface area contributed by atoms with Crippen molar-refractivity contribution in [3.8, 4) is 17.2 Å². The van der Waals surface area contributed by atoms with Crippen molar-refractivity contribution >= 4 is 17.7 Å². The molecule has 1 fully saturated rings. The molecule has 2 aromatic carbocycles. The number of halogens is 1. The van der Waals surface area contributed by atoms with E-state index >= 15 is 0 Å². The summed E-state index contributed by atoms with van der Waals surface area (Å²) in [5.41, 5.74) is 1.68. The number of ether oxygens (including phenoxy) is 2. The number of carbonyl (C=O) groups is 1. The summed E-state index contributed by atoms with van der Waals surface area (Å²) in [6, 6.07) is 12.0. The maximum atomic E-state index is 13.5. The lowest BCUT2D eigenvalue weighted by Crippen LogP contribution is -2.48. The van der Waals surface area contributed by atoms with Gasteiger partial charge in [-0.2, -0.15) is 4.68 Å². The summed E-state index contributed by atoms with van der Waals surface area (Å²) in [6.07, 6.45) is 0. The van der Waals surface area contributed by atoms with E-state index in [-0.39, 0.29) is 24.3 Å². The van der Waals surface area contributed by atoms with Crippen LogP contribution in [0, 0.1) is 5.82 Å². The van der Waals surface area contributed by atoms with Crippen molar-refractivity contribution in [3.63, 3.8) is 0 Å². The third-order valence-corrected chi connectivity index (χ3v) is 6.29. The van der Waals surface area contributed by atoms with E-state index in [4.69, 9.17) is 9.47 Å². The van der Waals surface area contributed by atoms with Crippen molar-refractivity contribution < 1.29 is 18.7 Å². The molecule has 2 aliphatic rings. The minimum Gasteiger partial charge on any atom is -0.454 e. The molecule has 32 heavy (non-hydrogen) atoms. The van der Waals surface area contributed by atoms with Gasteiger partial charge < -0.3 is 14.4 Å². The molecule has 0 aliphatic carbocycles. The Morgan fingerprint density at radius 1 is 1.06 bits per heavy atom. The first kappa shape index (κ1) is 20.7. The highest BCUT2D eigenvalue weighted by Crippen LogP contribution is 2.32. The van der Waals surface area contributed by atoms with E-state index in [1.165, 1.54) is 28.6 Å². The van der Waals surface area contributed by atoms with E-state index in [1.807, 2.05) is 23.1 Å². The fourth-order valence-corrected chi connectivity index (χ4v) is 4.50. The van der Waals surface area contributed by atoms with Gasteiger partial charge in [-0.25, -0.2) is 4.39 Å². The maximum Gasteiger partial charge on any atom is 0.233 e. The molecule has 0 radical (unpaired) electrons. The summed E-state index contributed by atoms with van der Waals surface area (Å²) in [5.74, 6) is 1.45. The third kappa shape index (κ3) is 4.53. The van der Waals surface area contributed by atoms with Crippen molar-refractivity contribution in [1.29, 1.82) is 0 Å². The average molecular weight is 457 g/mol. The molecule has 3 aromatic rings. The van der Waals surface area contributed by atoms with Gasteiger partial charge in [-0.1, -0.05) is 23.9 Å². The predicted molar refractivity (Wildman–Crippen MR) is 114 cm³/mol. The van der Waals surface area contributed by atoms with Gasteiger partial charge in [-0.3, -0.25) is 9.69 Å². The molecule has 0 saturated carbocycles. The van der Waals surface area contributed by atoms with Gasteiger partial charge in [0.25, 0.3) is 0 Å². The highest BCUT2D eigenvalue weighted by molar-refractivity contribution is 7.99. The minimum atomic E-state index is -0.372. The number of nitrogens with zero attached hydrogens (tertiary/aromatic N) is 6. The first-order chi connectivity index (χ1) is 15.7. The number of benzene rings is 2. The molecule has 0 unspecified atom stereocenters. The van der Waals surface area contributed by atoms with Crippen LogP contribution in [0.4, 0.5) is 4.39 Å². The molecule has 0 bridgehead atoms. The Morgan fingerprint density at radius 3 is 2.75 bits per heavy atom. The van der Waals surface area contributed by atoms with Gasteiger partial charge >= 0.3 is 0 Å². The molecular weight excluding hydrogens is 435 g/mol. The number of hydrogen-bond donors (Lipinski definition) is 0. The van der Waals surface area contributed by atoms with E-state index in [2.05, 4.69) is 20.4 Å². The Hall–Kier alpha value is -3.18. The topological polar surface area (TPSA) is 85.6 Å². The van der Waals surface area contributed by atoms with E-state index in [0.717, 1.165) is 36.7 Å². The van der Waals surface area contributed by atoms with E-state index in [1.54, 1.807) is 12.1 Å².